The molecule has 2 heteroatoms. The molecule has 2 fully saturated rings. The molecule has 1 N–H and O–H groups in total. The number of nitrogens with zero attached hydrogens (tertiary/aromatic N) is 1. The van der Waals surface area contributed by atoms with Crippen molar-refractivity contribution in [2.45, 2.75) is 56.4 Å². The van der Waals surface area contributed by atoms with E-state index in [-0.39, 0.29) is 0 Å². The maximum absolute atomic E-state index is 4.68. The van der Waals surface area contributed by atoms with E-state index >= 15 is 0 Å². The Morgan fingerprint density at radius 1 is 1.12 bits per heavy atom. The number of pyridine rings is 1. The highest BCUT2D eigenvalue weighted by Crippen LogP contribution is 2.43. The lowest BCUT2D eigenvalue weighted by molar-refractivity contribution is 0.221. The van der Waals surface area contributed by atoms with Crippen molar-refractivity contribution >= 4 is 0 Å². The Labute approximate surface area is 104 Å². The summed E-state index contributed by atoms with van der Waals surface area (Å²) in [5.41, 5.74) is 1.66. The molecular formula is C15H22N2. The smallest absolute Gasteiger partial charge is 0.0480 e. The van der Waals surface area contributed by atoms with Crippen LogP contribution in [-0.2, 0) is 5.41 Å². The van der Waals surface area contributed by atoms with Crippen molar-refractivity contribution in [2.24, 2.45) is 0 Å². The minimum Gasteiger partial charge on any atom is -0.313 e. The van der Waals surface area contributed by atoms with E-state index in [1.54, 1.807) is 0 Å². The lowest BCUT2D eigenvalue weighted by Crippen LogP contribution is -2.47. The molecule has 0 radical (unpaired) electrons. The molecule has 92 valence electrons. The van der Waals surface area contributed by atoms with Gasteiger partial charge in [0.15, 0.2) is 0 Å². The van der Waals surface area contributed by atoms with Crippen molar-refractivity contribution in [1.82, 2.24) is 10.3 Å². The quantitative estimate of drug-likeness (QED) is 0.844. The van der Waals surface area contributed by atoms with Gasteiger partial charge >= 0.3 is 0 Å². The molecule has 1 aliphatic carbocycles. The minimum atomic E-state index is 0.329. The summed E-state index contributed by atoms with van der Waals surface area (Å²) in [6, 6.07) is 7.08. The third-order valence-corrected chi connectivity index (χ3v) is 4.65. The standard InChI is InChI=1S/C15H22N2/c1-3-9-15(10-4-1,14-8-6-12-17-14)13-7-2-5-11-16-13/h2,5,7,11,14,17H,1,3-4,6,8-10,12H2. The Balaban J connectivity index is 1.95. The maximum Gasteiger partial charge on any atom is 0.0480 e. The normalized spacial score (nSPS) is 28.1. The molecule has 2 nitrogen and oxygen atoms in total. The molecule has 2 heterocycles. The second-order valence-corrected chi connectivity index (χ2v) is 5.58. The molecule has 1 aromatic heterocycles. The summed E-state index contributed by atoms with van der Waals surface area (Å²) in [5.74, 6) is 0. The zero-order valence-corrected chi connectivity index (χ0v) is 10.5. The van der Waals surface area contributed by atoms with Crippen LogP contribution in [-0.4, -0.2) is 17.6 Å². The van der Waals surface area contributed by atoms with Gasteiger partial charge in [0, 0.05) is 23.3 Å². The van der Waals surface area contributed by atoms with Crippen LogP contribution >= 0.6 is 0 Å². The van der Waals surface area contributed by atoms with E-state index in [1.165, 1.54) is 57.2 Å². The third-order valence-electron chi connectivity index (χ3n) is 4.65. The molecular weight excluding hydrogens is 208 g/mol. The molecule has 1 unspecified atom stereocenters. The van der Waals surface area contributed by atoms with Crippen molar-refractivity contribution in [3.05, 3.63) is 30.1 Å². The molecule has 0 amide bonds. The Kier molecular flexibility index (Phi) is 3.15. The highest BCUT2D eigenvalue weighted by Gasteiger charge is 2.43. The number of nitrogens with one attached hydrogen (secondary N) is 1. The lowest BCUT2D eigenvalue weighted by Gasteiger charge is -2.42. The molecule has 1 saturated carbocycles. The topological polar surface area (TPSA) is 24.9 Å². The van der Waals surface area contributed by atoms with Crippen molar-refractivity contribution in [3.63, 3.8) is 0 Å². The van der Waals surface area contributed by atoms with Crippen LogP contribution in [0.3, 0.4) is 0 Å². The van der Waals surface area contributed by atoms with Crippen molar-refractivity contribution in [3.8, 4) is 0 Å². The van der Waals surface area contributed by atoms with E-state index in [4.69, 9.17) is 0 Å². The largest absolute Gasteiger partial charge is 0.313 e. The first-order chi connectivity index (χ1) is 8.42. The van der Waals surface area contributed by atoms with Crippen LogP contribution in [0.1, 0.15) is 50.6 Å². The van der Waals surface area contributed by atoms with E-state index in [2.05, 4.69) is 22.4 Å². The molecule has 0 bridgehead atoms. The molecule has 1 saturated heterocycles. The third kappa shape index (κ3) is 1.99. The van der Waals surface area contributed by atoms with Gasteiger partial charge < -0.3 is 5.32 Å². The average Bonchev–Trinajstić information content (AvgIpc) is 2.95. The highest BCUT2D eigenvalue weighted by atomic mass is 15.0. The minimum absolute atomic E-state index is 0.329. The summed E-state index contributed by atoms with van der Waals surface area (Å²) in [7, 11) is 0. The summed E-state index contributed by atoms with van der Waals surface area (Å²) in [6.07, 6.45) is 11.4. The predicted molar refractivity (Wildman–Crippen MR) is 70.0 cm³/mol. The van der Waals surface area contributed by atoms with Gasteiger partial charge in [-0.05, 0) is 44.4 Å². The van der Waals surface area contributed by atoms with Gasteiger partial charge in [0.1, 0.15) is 0 Å². The van der Waals surface area contributed by atoms with E-state index in [0.29, 0.717) is 11.5 Å². The van der Waals surface area contributed by atoms with E-state index in [1.807, 2.05) is 12.3 Å². The van der Waals surface area contributed by atoms with Gasteiger partial charge in [0.25, 0.3) is 0 Å². The summed E-state index contributed by atoms with van der Waals surface area (Å²) in [6.45, 7) is 1.19. The zero-order valence-electron chi connectivity index (χ0n) is 10.5. The van der Waals surface area contributed by atoms with Crippen LogP contribution in [0.5, 0.6) is 0 Å². The first-order valence-corrected chi connectivity index (χ1v) is 7.07. The highest BCUT2D eigenvalue weighted by molar-refractivity contribution is 5.22. The molecule has 0 spiro atoms. The summed E-state index contributed by atoms with van der Waals surface area (Å²) >= 11 is 0. The number of hydrogen-bond acceptors (Lipinski definition) is 2. The molecule has 3 rings (SSSR count). The second kappa shape index (κ2) is 4.77. The fraction of sp³-hybridized carbons (Fsp3) is 0.667. The fourth-order valence-electron chi connectivity index (χ4n) is 3.78. The molecule has 0 aromatic carbocycles. The second-order valence-electron chi connectivity index (χ2n) is 5.58. The lowest BCUT2D eigenvalue weighted by atomic mass is 9.66. The van der Waals surface area contributed by atoms with Crippen LogP contribution in [0.2, 0.25) is 0 Å². The molecule has 2 aliphatic rings. The predicted octanol–water partition coefficient (Wildman–Crippen LogP) is 3.04. The Hall–Kier alpha value is -0.890. The van der Waals surface area contributed by atoms with E-state index in [0.717, 1.165) is 0 Å². The average molecular weight is 230 g/mol. The Bertz CT molecular complexity index is 348. The van der Waals surface area contributed by atoms with Crippen LogP contribution < -0.4 is 5.32 Å². The van der Waals surface area contributed by atoms with Crippen molar-refractivity contribution in [2.75, 3.05) is 6.54 Å². The van der Waals surface area contributed by atoms with Crippen LogP contribution in [0, 0.1) is 0 Å². The maximum atomic E-state index is 4.68. The van der Waals surface area contributed by atoms with Gasteiger partial charge in [-0.3, -0.25) is 4.98 Å². The summed E-state index contributed by atoms with van der Waals surface area (Å²) < 4.78 is 0. The summed E-state index contributed by atoms with van der Waals surface area (Å²) in [4.78, 5) is 4.68. The van der Waals surface area contributed by atoms with Gasteiger partial charge in [-0.25, -0.2) is 0 Å². The molecule has 1 aliphatic heterocycles. The molecule has 1 aromatic rings. The monoisotopic (exact) mass is 230 g/mol. The van der Waals surface area contributed by atoms with Crippen LogP contribution in [0.4, 0.5) is 0 Å². The van der Waals surface area contributed by atoms with Gasteiger partial charge in [-0.15, -0.1) is 0 Å². The number of rotatable bonds is 2. The Morgan fingerprint density at radius 2 is 2.00 bits per heavy atom. The van der Waals surface area contributed by atoms with Gasteiger partial charge in [-0.1, -0.05) is 25.3 Å². The van der Waals surface area contributed by atoms with Gasteiger partial charge in [0.2, 0.25) is 0 Å². The number of aromatic nitrogens is 1. The van der Waals surface area contributed by atoms with Crippen LogP contribution in [0.15, 0.2) is 24.4 Å². The van der Waals surface area contributed by atoms with Gasteiger partial charge in [0.05, 0.1) is 0 Å². The van der Waals surface area contributed by atoms with Crippen molar-refractivity contribution in [1.29, 1.82) is 0 Å². The zero-order chi connectivity index (χ0) is 11.6. The van der Waals surface area contributed by atoms with E-state index in [9.17, 15) is 0 Å². The van der Waals surface area contributed by atoms with E-state index < -0.39 is 0 Å². The Morgan fingerprint density at radius 3 is 2.65 bits per heavy atom. The van der Waals surface area contributed by atoms with Gasteiger partial charge in [-0.2, -0.15) is 0 Å². The summed E-state index contributed by atoms with van der Waals surface area (Å²) in [5, 5.41) is 3.73. The molecule has 1 atom stereocenters. The van der Waals surface area contributed by atoms with Crippen molar-refractivity contribution < 1.29 is 0 Å². The fourth-order valence-corrected chi connectivity index (χ4v) is 3.78. The molecule has 17 heavy (non-hydrogen) atoms. The SMILES string of the molecule is c1ccc(C2(C3CCCN3)CCCCC2)nc1. The van der Waals surface area contributed by atoms with Crippen LogP contribution in [0.25, 0.3) is 0 Å². The first kappa shape index (κ1) is 11.2. The first-order valence-electron chi connectivity index (χ1n) is 7.07. The number of hydrogen-bond donors (Lipinski definition) is 1.